The van der Waals surface area contributed by atoms with E-state index < -0.39 is 19.0 Å². The Kier molecular flexibility index (Phi) is 5.52. The van der Waals surface area contributed by atoms with Gasteiger partial charge >= 0.3 is 6.03 Å². The molecule has 23 heavy (non-hydrogen) atoms. The number of carbonyl (C=O) groups excluding carboxylic acids is 1. The molecule has 0 aliphatic rings. The van der Waals surface area contributed by atoms with Crippen LogP contribution in [-0.2, 0) is 6.54 Å². The zero-order chi connectivity index (χ0) is 16.7. The van der Waals surface area contributed by atoms with Gasteiger partial charge in [0.05, 0.1) is 11.9 Å². The molecule has 2 aromatic rings. The average molecular weight is 320 g/mol. The molecule has 1 heterocycles. The number of carbonyl (C=O) groups is 1. The van der Waals surface area contributed by atoms with Crippen molar-refractivity contribution in [2.75, 3.05) is 17.2 Å². The van der Waals surface area contributed by atoms with E-state index >= 15 is 0 Å². The Morgan fingerprint density at radius 1 is 1.39 bits per heavy atom. The number of rotatable bonds is 6. The van der Waals surface area contributed by atoms with Crippen LogP contribution in [0.3, 0.4) is 0 Å². The van der Waals surface area contributed by atoms with Crippen LogP contribution in [-0.4, -0.2) is 28.8 Å². The zero-order valence-corrected chi connectivity index (χ0v) is 12.0. The number of ether oxygens (including phenoxy) is 1. The van der Waals surface area contributed by atoms with Crippen molar-refractivity contribution in [2.45, 2.75) is 13.0 Å². The molecule has 2 amide bonds. The fraction of sp³-hybridized carbons (Fsp3) is 0.200. The quantitative estimate of drug-likeness (QED) is 0.804. The summed E-state index contributed by atoms with van der Waals surface area (Å²) in [6.45, 7) is -0.406. The van der Waals surface area contributed by atoms with Crippen LogP contribution in [0.2, 0.25) is 0 Å². The molecule has 2 rings (SSSR count). The van der Waals surface area contributed by atoms with E-state index in [4.69, 9.17) is 11.2 Å². The van der Waals surface area contributed by atoms with Crippen molar-refractivity contribution < 1.29 is 18.3 Å². The van der Waals surface area contributed by atoms with Crippen molar-refractivity contribution in [1.82, 2.24) is 9.78 Å². The first-order valence-electron chi connectivity index (χ1n) is 6.62. The van der Waals surface area contributed by atoms with E-state index in [2.05, 4.69) is 21.7 Å². The standard InChI is InChI=1S/C15H14F2N4O2/c1-2-6-23-13-5-3-4-11(7-13)19-15(22)20-12-8-18-21(9-12)10-14(16)17/h1,3-5,7-9,14H,6,10H2,(H2,19,20,22). The summed E-state index contributed by atoms with van der Waals surface area (Å²) in [6.07, 6.45) is 5.20. The fourth-order valence-corrected chi connectivity index (χ4v) is 1.75. The number of halogens is 2. The van der Waals surface area contributed by atoms with E-state index in [9.17, 15) is 13.6 Å². The minimum Gasteiger partial charge on any atom is -0.481 e. The first-order valence-corrected chi connectivity index (χ1v) is 6.62. The summed E-state index contributed by atoms with van der Waals surface area (Å²) >= 11 is 0. The summed E-state index contributed by atoms with van der Waals surface area (Å²) in [5.41, 5.74) is 0.805. The zero-order valence-electron chi connectivity index (χ0n) is 12.0. The smallest absolute Gasteiger partial charge is 0.323 e. The maximum absolute atomic E-state index is 12.2. The molecule has 0 spiro atoms. The minimum atomic E-state index is -2.51. The molecule has 2 N–H and O–H groups in total. The molecule has 1 aromatic carbocycles. The molecule has 0 fully saturated rings. The molecule has 0 saturated heterocycles. The number of nitrogens with zero attached hydrogens (tertiary/aromatic N) is 2. The first kappa shape index (κ1) is 16.3. The number of urea groups is 1. The Hall–Kier alpha value is -3.08. The number of benzene rings is 1. The van der Waals surface area contributed by atoms with Crippen molar-refractivity contribution >= 4 is 17.4 Å². The van der Waals surface area contributed by atoms with E-state index in [1.165, 1.54) is 12.4 Å². The summed E-state index contributed by atoms with van der Waals surface area (Å²) in [5.74, 6) is 2.86. The van der Waals surface area contributed by atoms with Gasteiger partial charge in [0.1, 0.15) is 18.9 Å². The summed E-state index contributed by atoms with van der Waals surface area (Å²) in [6, 6.07) is 6.15. The number of aromatic nitrogens is 2. The predicted molar refractivity (Wildman–Crippen MR) is 81.6 cm³/mol. The molecule has 8 heteroatoms. The van der Waals surface area contributed by atoms with Crippen molar-refractivity contribution in [3.8, 4) is 18.1 Å². The Morgan fingerprint density at radius 3 is 2.91 bits per heavy atom. The highest BCUT2D eigenvalue weighted by molar-refractivity contribution is 5.99. The van der Waals surface area contributed by atoms with Crippen molar-refractivity contribution in [1.29, 1.82) is 0 Å². The fourth-order valence-electron chi connectivity index (χ4n) is 1.75. The lowest BCUT2D eigenvalue weighted by Crippen LogP contribution is -2.19. The molecule has 0 radical (unpaired) electrons. The van der Waals surface area contributed by atoms with Gasteiger partial charge in [0.2, 0.25) is 0 Å². The number of anilines is 2. The second-order valence-electron chi connectivity index (χ2n) is 4.44. The molecule has 0 aliphatic carbocycles. The Morgan fingerprint density at radius 2 is 2.17 bits per heavy atom. The predicted octanol–water partition coefficient (Wildman–Crippen LogP) is 2.80. The van der Waals surface area contributed by atoms with Gasteiger partial charge in [-0.3, -0.25) is 4.68 Å². The third-order valence-corrected chi connectivity index (χ3v) is 2.63. The highest BCUT2D eigenvalue weighted by Crippen LogP contribution is 2.17. The molecule has 120 valence electrons. The van der Waals surface area contributed by atoms with Crippen LogP contribution in [0.1, 0.15) is 0 Å². The van der Waals surface area contributed by atoms with Crippen LogP contribution in [0, 0.1) is 12.3 Å². The Labute approximate surface area is 131 Å². The molecule has 6 nitrogen and oxygen atoms in total. The molecule has 0 saturated carbocycles. The normalized spacial score (nSPS) is 10.2. The van der Waals surface area contributed by atoms with Crippen LogP contribution in [0.5, 0.6) is 5.75 Å². The number of nitrogens with one attached hydrogen (secondary N) is 2. The van der Waals surface area contributed by atoms with Gasteiger partial charge < -0.3 is 15.4 Å². The highest BCUT2D eigenvalue weighted by Gasteiger charge is 2.08. The Balaban J connectivity index is 1.92. The maximum Gasteiger partial charge on any atom is 0.323 e. The van der Waals surface area contributed by atoms with Crippen LogP contribution >= 0.6 is 0 Å². The maximum atomic E-state index is 12.2. The van der Waals surface area contributed by atoms with Gasteiger partial charge in [-0.1, -0.05) is 12.0 Å². The van der Waals surface area contributed by atoms with Crippen molar-refractivity contribution in [3.63, 3.8) is 0 Å². The monoisotopic (exact) mass is 320 g/mol. The van der Waals surface area contributed by atoms with Gasteiger partial charge in [0.15, 0.2) is 0 Å². The van der Waals surface area contributed by atoms with Crippen LogP contribution < -0.4 is 15.4 Å². The number of hydrogen-bond donors (Lipinski definition) is 2. The van der Waals surface area contributed by atoms with Gasteiger partial charge in [-0.2, -0.15) is 5.10 Å². The number of amides is 2. The Bertz CT molecular complexity index is 709. The topological polar surface area (TPSA) is 68.2 Å². The third-order valence-electron chi connectivity index (χ3n) is 2.63. The van der Waals surface area contributed by atoms with E-state index in [1.807, 2.05) is 0 Å². The lowest BCUT2D eigenvalue weighted by atomic mass is 10.3. The summed E-state index contributed by atoms with van der Waals surface area (Å²) < 4.78 is 30.7. The van der Waals surface area contributed by atoms with Crippen LogP contribution in [0.4, 0.5) is 25.0 Å². The second kappa shape index (κ2) is 7.79. The highest BCUT2D eigenvalue weighted by atomic mass is 19.3. The molecule has 0 aliphatic heterocycles. The molecular weight excluding hydrogens is 306 g/mol. The lowest BCUT2D eigenvalue weighted by molar-refractivity contribution is 0.122. The summed E-state index contributed by atoms with van der Waals surface area (Å²) in [7, 11) is 0. The van der Waals surface area contributed by atoms with E-state index in [0.29, 0.717) is 17.1 Å². The van der Waals surface area contributed by atoms with Gasteiger partial charge in [-0.25, -0.2) is 13.6 Å². The van der Waals surface area contributed by atoms with Crippen LogP contribution in [0.25, 0.3) is 0 Å². The third kappa shape index (κ3) is 5.32. The average Bonchev–Trinajstić information content (AvgIpc) is 2.91. The van der Waals surface area contributed by atoms with E-state index in [0.717, 1.165) is 4.68 Å². The molecule has 0 bridgehead atoms. The van der Waals surface area contributed by atoms with Crippen molar-refractivity contribution in [3.05, 3.63) is 36.7 Å². The van der Waals surface area contributed by atoms with Crippen molar-refractivity contribution in [2.24, 2.45) is 0 Å². The molecule has 0 atom stereocenters. The summed E-state index contributed by atoms with van der Waals surface area (Å²) in [5, 5.41) is 8.81. The number of alkyl halides is 2. The lowest BCUT2D eigenvalue weighted by Gasteiger charge is -2.08. The van der Waals surface area contributed by atoms with Crippen LogP contribution in [0.15, 0.2) is 36.7 Å². The number of terminal acetylenes is 1. The second-order valence-corrected chi connectivity index (χ2v) is 4.44. The number of hydrogen-bond acceptors (Lipinski definition) is 3. The first-order chi connectivity index (χ1) is 11.1. The van der Waals surface area contributed by atoms with Gasteiger partial charge in [0, 0.05) is 18.0 Å². The van der Waals surface area contributed by atoms with Gasteiger partial charge in [0.25, 0.3) is 6.43 Å². The van der Waals surface area contributed by atoms with Gasteiger partial charge in [-0.05, 0) is 12.1 Å². The largest absolute Gasteiger partial charge is 0.481 e. The van der Waals surface area contributed by atoms with E-state index in [-0.39, 0.29) is 6.61 Å². The van der Waals surface area contributed by atoms with Gasteiger partial charge in [-0.15, -0.1) is 6.42 Å². The molecule has 0 unspecified atom stereocenters. The molecule has 1 aromatic heterocycles. The minimum absolute atomic E-state index is 0.124. The molecular formula is C15H14F2N4O2. The van der Waals surface area contributed by atoms with E-state index in [1.54, 1.807) is 24.3 Å². The summed E-state index contributed by atoms with van der Waals surface area (Å²) in [4.78, 5) is 11.9. The SMILES string of the molecule is C#CCOc1cccc(NC(=O)Nc2cnn(CC(F)F)c2)c1.